The van der Waals surface area contributed by atoms with Crippen LogP contribution < -0.4 is 5.73 Å². The summed E-state index contributed by atoms with van der Waals surface area (Å²) in [7, 11) is -4.75. The van der Waals surface area contributed by atoms with Crippen molar-refractivity contribution in [1.82, 2.24) is 0 Å². The number of phosphoric acid groups is 1. The van der Waals surface area contributed by atoms with Crippen LogP contribution in [0.25, 0.3) is 0 Å². The molecular formula is C50H78NO10P. The number of aliphatic carboxylic acids is 1. The van der Waals surface area contributed by atoms with Gasteiger partial charge in [-0.2, -0.15) is 0 Å². The van der Waals surface area contributed by atoms with Gasteiger partial charge in [-0.1, -0.05) is 148 Å². The zero-order valence-electron chi connectivity index (χ0n) is 37.7. The SMILES string of the molecule is CC/C=C/C/C=C/C/C=C/C/C=C/C/C=C/CCCCCC(=O)OC[C@H](COP(=O)(O)OC[C@H](N)C(=O)O)OC(=O)CCCCC/C=C/C/C=C/C/C=C/C/C=C/C/C=C/CC. The summed E-state index contributed by atoms with van der Waals surface area (Å²) >= 11 is 0. The predicted octanol–water partition coefficient (Wildman–Crippen LogP) is 12.4. The summed E-state index contributed by atoms with van der Waals surface area (Å²) in [4.78, 5) is 46.0. The zero-order valence-corrected chi connectivity index (χ0v) is 38.5. The van der Waals surface area contributed by atoms with Gasteiger partial charge in [0.2, 0.25) is 0 Å². The Morgan fingerprint density at radius 3 is 1.24 bits per heavy atom. The fraction of sp³-hybridized carbons (Fsp3) is 0.540. The minimum Gasteiger partial charge on any atom is -0.480 e. The van der Waals surface area contributed by atoms with E-state index in [4.69, 9.17) is 24.8 Å². The molecule has 12 heteroatoms. The van der Waals surface area contributed by atoms with Gasteiger partial charge in [0.25, 0.3) is 0 Å². The molecule has 62 heavy (non-hydrogen) atoms. The van der Waals surface area contributed by atoms with Crippen LogP contribution in [0.3, 0.4) is 0 Å². The van der Waals surface area contributed by atoms with Gasteiger partial charge in [0.1, 0.15) is 12.6 Å². The van der Waals surface area contributed by atoms with Crippen LogP contribution in [0.4, 0.5) is 0 Å². The monoisotopic (exact) mass is 884 g/mol. The highest BCUT2D eigenvalue weighted by Crippen LogP contribution is 2.43. The standard InChI is InChI=1S/C50H78NO10P/c1-3-5-7-9-11-13-15-17-19-21-23-25-27-29-31-33-35-37-39-41-48(52)58-43-46(44-59-62(56,57)60-45-47(51)50(54)55)61-49(53)42-40-38-36-34-32-30-28-26-24-22-20-18-16-14-12-10-8-6-4-2/h5-8,11-14,17-20,23-26,29-32,46-47H,3-4,9-10,15-16,21-22,27-28,33-45,51H2,1-2H3,(H,54,55)(H,56,57)/b7-5+,8-6+,13-11+,14-12+,19-17+,20-18+,25-23+,26-24+,31-29+,32-30+/t46-,47+/m1/s1. The third kappa shape index (κ3) is 42.6. The molecule has 0 spiro atoms. The summed E-state index contributed by atoms with van der Waals surface area (Å²) in [5.74, 6) is -2.48. The molecule has 11 nitrogen and oxygen atoms in total. The van der Waals surface area contributed by atoms with Gasteiger partial charge < -0.3 is 25.2 Å². The molecule has 0 heterocycles. The molecular weight excluding hydrogens is 806 g/mol. The first-order valence-electron chi connectivity index (χ1n) is 22.6. The Kier molecular flexibility index (Phi) is 40.6. The van der Waals surface area contributed by atoms with Crippen molar-refractivity contribution in [2.75, 3.05) is 19.8 Å². The van der Waals surface area contributed by atoms with E-state index in [1.165, 1.54) is 0 Å². The Morgan fingerprint density at radius 1 is 0.500 bits per heavy atom. The Bertz CT molecular complexity index is 1500. The largest absolute Gasteiger partial charge is 0.480 e. The molecule has 0 aliphatic carbocycles. The normalized spacial score (nSPS) is 14.8. The second kappa shape index (κ2) is 43.5. The summed E-state index contributed by atoms with van der Waals surface area (Å²) in [5, 5.41) is 8.90. The smallest absolute Gasteiger partial charge is 0.472 e. The van der Waals surface area contributed by atoms with E-state index in [-0.39, 0.29) is 19.4 Å². The lowest BCUT2D eigenvalue weighted by Gasteiger charge is -2.20. The second-order valence-corrected chi connectivity index (χ2v) is 15.9. The molecule has 0 aliphatic heterocycles. The number of carbonyl (C=O) groups is 3. The van der Waals surface area contributed by atoms with Gasteiger partial charge in [0.15, 0.2) is 6.10 Å². The average Bonchev–Trinajstić information content (AvgIpc) is 3.25. The number of hydrogen-bond acceptors (Lipinski definition) is 9. The van der Waals surface area contributed by atoms with E-state index in [1.807, 2.05) is 0 Å². The number of ether oxygens (including phenoxy) is 2. The number of rotatable bonds is 40. The first kappa shape index (κ1) is 57.9. The van der Waals surface area contributed by atoms with Crippen molar-refractivity contribution in [3.05, 3.63) is 122 Å². The van der Waals surface area contributed by atoms with Crippen LogP contribution >= 0.6 is 7.82 Å². The van der Waals surface area contributed by atoms with E-state index in [1.54, 1.807) is 0 Å². The lowest BCUT2D eigenvalue weighted by atomic mass is 10.1. The maximum atomic E-state index is 12.6. The van der Waals surface area contributed by atoms with E-state index in [2.05, 4.69) is 140 Å². The van der Waals surface area contributed by atoms with Crippen molar-refractivity contribution < 1.29 is 47.5 Å². The molecule has 0 amide bonds. The summed E-state index contributed by atoms with van der Waals surface area (Å²) in [6.45, 7) is 2.48. The fourth-order valence-corrected chi connectivity index (χ4v) is 6.01. The van der Waals surface area contributed by atoms with Gasteiger partial charge in [0.05, 0.1) is 13.2 Å². The molecule has 0 saturated carbocycles. The quantitative estimate of drug-likeness (QED) is 0.0231. The number of allylic oxidation sites excluding steroid dienone is 20. The van der Waals surface area contributed by atoms with Crippen LogP contribution in [0, 0.1) is 0 Å². The number of nitrogens with two attached hydrogens (primary N) is 1. The highest BCUT2D eigenvalue weighted by molar-refractivity contribution is 7.47. The van der Waals surface area contributed by atoms with Crippen molar-refractivity contribution in [3.8, 4) is 0 Å². The number of phosphoric ester groups is 1. The van der Waals surface area contributed by atoms with Crippen molar-refractivity contribution >= 4 is 25.7 Å². The molecule has 0 rings (SSSR count). The summed E-state index contributed by atoms with van der Waals surface area (Å²) in [5.41, 5.74) is 5.33. The van der Waals surface area contributed by atoms with E-state index >= 15 is 0 Å². The molecule has 0 aromatic heterocycles. The highest BCUT2D eigenvalue weighted by Gasteiger charge is 2.28. The highest BCUT2D eigenvalue weighted by atomic mass is 31.2. The van der Waals surface area contributed by atoms with Crippen LogP contribution in [0.2, 0.25) is 0 Å². The second-order valence-electron chi connectivity index (χ2n) is 14.4. The minimum atomic E-state index is -4.75. The lowest BCUT2D eigenvalue weighted by molar-refractivity contribution is -0.161. The first-order chi connectivity index (χ1) is 30.1. The van der Waals surface area contributed by atoms with Crippen LogP contribution in [0.1, 0.15) is 142 Å². The molecule has 0 aliphatic rings. The van der Waals surface area contributed by atoms with Crippen LogP contribution in [0.5, 0.6) is 0 Å². The van der Waals surface area contributed by atoms with Crippen molar-refractivity contribution in [1.29, 1.82) is 0 Å². The van der Waals surface area contributed by atoms with E-state index in [0.717, 1.165) is 103 Å². The fourth-order valence-electron chi connectivity index (χ4n) is 5.23. The summed E-state index contributed by atoms with van der Waals surface area (Å²) in [6, 6.07) is -1.54. The molecule has 4 N–H and O–H groups in total. The van der Waals surface area contributed by atoms with Gasteiger partial charge in [-0.05, 0) is 103 Å². The minimum absolute atomic E-state index is 0.106. The Hall–Kier alpha value is -4.12. The average molecular weight is 884 g/mol. The molecule has 0 aromatic rings. The first-order valence-corrected chi connectivity index (χ1v) is 24.1. The molecule has 348 valence electrons. The number of carbonyl (C=O) groups excluding carboxylic acids is 2. The Labute approximate surface area is 373 Å². The van der Waals surface area contributed by atoms with Crippen molar-refractivity contribution in [3.63, 3.8) is 0 Å². The number of unbranched alkanes of at least 4 members (excludes halogenated alkanes) is 6. The molecule has 0 saturated heterocycles. The van der Waals surface area contributed by atoms with Gasteiger partial charge in [-0.3, -0.25) is 23.4 Å². The number of carboxylic acids is 1. The maximum Gasteiger partial charge on any atom is 0.472 e. The van der Waals surface area contributed by atoms with Crippen LogP contribution in [-0.4, -0.2) is 59.9 Å². The van der Waals surface area contributed by atoms with E-state index < -0.39 is 51.1 Å². The zero-order chi connectivity index (χ0) is 45.6. The third-order valence-electron chi connectivity index (χ3n) is 8.71. The number of carboxylic acid groups (broad SMARTS) is 1. The summed E-state index contributed by atoms with van der Waals surface area (Å²) < 4.78 is 32.7. The van der Waals surface area contributed by atoms with Crippen molar-refractivity contribution in [2.45, 2.75) is 154 Å². The predicted molar refractivity (Wildman–Crippen MR) is 253 cm³/mol. The van der Waals surface area contributed by atoms with Crippen molar-refractivity contribution in [2.24, 2.45) is 5.73 Å². The van der Waals surface area contributed by atoms with Gasteiger partial charge in [-0.15, -0.1) is 0 Å². The molecule has 0 bridgehead atoms. The number of esters is 2. The molecule has 3 atom stereocenters. The summed E-state index contributed by atoms with van der Waals surface area (Å²) in [6.07, 6.45) is 58.3. The third-order valence-corrected chi connectivity index (χ3v) is 9.66. The molecule has 0 fully saturated rings. The van der Waals surface area contributed by atoms with Crippen LogP contribution in [0.15, 0.2) is 122 Å². The van der Waals surface area contributed by atoms with Gasteiger partial charge >= 0.3 is 25.7 Å². The topological polar surface area (TPSA) is 172 Å². The lowest BCUT2D eigenvalue weighted by Crippen LogP contribution is -2.34. The molecule has 1 unspecified atom stereocenters. The Balaban J connectivity index is 4.50. The molecule has 0 aromatic carbocycles. The Morgan fingerprint density at radius 2 is 0.855 bits per heavy atom. The maximum absolute atomic E-state index is 12.6. The van der Waals surface area contributed by atoms with E-state index in [0.29, 0.717) is 12.8 Å². The van der Waals surface area contributed by atoms with Gasteiger partial charge in [0, 0.05) is 12.8 Å². The van der Waals surface area contributed by atoms with Gasteiger partial charge in [-0.25, -0.2) is 4.57 Å². The number of hydrogen-bond donors (Lipinski definition) is 3. The molecule has 0 radical (unpaired) electrons. The van der Waals surface area contributed by atoms with E-state index in [9.17, 15) is 23.8 Å². The van der Waals surface area contributed by atoms with Crippen LogP contribution in [-0.2, 0) is 37.5 Å².